The number of likely N-dealkylation sites (tertiary alicyclic amines) is 1. The van der Waals surface area contributed by atoms with Crippen LogP contribution in [-0.4, -0.2) is 45.9 Å². The van der Waals surface area contributed by atoms with E-state index < -0.39 is 11.6 Å². The van der Waals surface area contributed by atoms with Crippen LogP contribution >= 0.6 is 15.9 Å². The molecule has 10 nitrogen and oxygen atoms in total. The predicted molar refractivity (Wildman–Crippen MR) is 107 cm³/mol. The van der Waals surface area contributed by atoms with E-state index in [0.29, 0.717) is 17.9 Å². The fraction of sp³-hybridized carbons (Fsp3) is 0.389. The molecule has 0 bridgehead atoms. The molecular weight excluding hydrogens is 461 g/mol. The smallest absolute Gasteiger partial charge is 0.393 e. The molecule has 0 spiro atoms. The van der Waals surface area contributed by atoms with Crippen molar-refractivity contribution < 1.29 is 13.8 Å². The van der Waals surface area contributed by atoms with Crippen LogP contribution in [0.5, 0.6) is 0 Å². The number of nitrogens with one attached hydrogen (secondary N) is 2. The van der Waals surface area contributed by atoms with Crippen LogP contribution in [0.1, 0.15) is 18.7 Å². The largest absolute Gasteiger partial charge is 0.446 e. The Morgan fingerprint density at radius 2 is 2.20 bits per heavy atom. The average molecular weight is 480 g/mol. The Bertz CT molecular complexity index is 1040. The molecule has 1 fully saturated rings. The molecule has 0 amide bonds. The zero-order chi connectivity index (χ0) is 21.1. The quantitative estimate of drug-likeness (QED) is 0.636. The summed E-state index contributed by atoms with van der Waals surface area (Å²) in [5.41, 5.74) is 6.64. The maximum absolute atomic E-state index is 13.6. The fourth-order valence-corrected chi connectivity index (χ4v) is 3.74. The predicted octanol–water partition coefficient (Wildman–Crippen LogP) is 1.52. The summed E-state index contributed by atoms with van der Waals surface area (Å²) in [4.78, 5) is 19.7. The first kappa shape index (κ1) is 20.5. The highest BCUT2D eigenvalue weighted by atomic mass is 79.9. The number of aromatic nitrogens is 2. The molecule has 30 heavy (non-hydrogen) atoms. The van der Waals surface area contributed by atoms with Gasteiger partial charge in [-0.1, -0.05) is 10.7 Å². The van der Waals surface area contributed by atoms with Gasteiger partial charge in [0, 0.05) is 19.0 Å². The van der Waals surface area contributed by atoms with Gasteiger partial charge in [-0.3, -0.25) is 4.52 Å². The van der Waals surface area contributed by atoms with Crippen LogP contribution < -0.4 is 16.8 Å². The third-order valence-electron chi connectivity index (χ3n) is 5.02. The van der Waals surface area contributed by atoms with Crippen LogP contribution in [0.15, 0.2) is 38.3 Å². The third kappa shape index (κ3) is 4.24. The first-order valence-electron chi connectivity index (χ1n) is 9.38. The Hall–Kier alpha value is -2.72. The van der Waals surface area contributed by atoms with E-state index in [0.717, 1.165) is 32.5 Å². The number of piperidine rings is 1. The second kappa shape index (κ2) is 8.97. The van der Waals surface area contributed by atoms with E-state index in [-0.39, 0.29) is 16.2 Å². The fourth-order valence-electron chi connectivity index (χ4n) is 3.38. The Morgan fingerprint density at radius 1 is 1.40 bits per heavy atom. The second-order valence-electron chi connectivity index (χ2n) is 6.91. The van der Waals surface area contributed by atoms with E-state index in [1.807, 2.05) is 0 Å². The monoisotopic (exact) mass is 479 g/mol. The van der Waals surface area contributed by atoms with Crippen molar-refractivity contribution >= 4 is 21.6 Å². The SMILES string of the molecule is N#CC1CCN(CCNN2NOC=C2c2noc(=O)n2-c2ccc(F)c(Br)c2)CC1. The van der Waals surface area contributed by atoms with Gasteiger partial charge >= 0.3 is 5.76 Å². The standard InChI is InChI=1S/C18H19BrFN7O3/c19-14-9-13(1-2-15(14)20)26-17(23-30-18(26)28)16-11-29-24-27(16)22-5-8-25-6-3-12(10-21)4-7-25/h1-2,9,11-12,22,24H,3-8H2. The topological polar surface area (TPSA) is 112 Å². The van der Waals surface area contributed by atoms with Crippen molar-refractivity contribution in [1.29, 1.82) is 5.26 Å². The second-order valence-corrected chi connectivity index (χ2v) is 7.76. The number of benzene rings is 1. The van der Waals surface area contributed by atoms with Crippen LogP contribution in [0.3, 0.4) is 0 Å². The van der Waals surface area contributed by atoms with E-state index >= 15 is 0 Å². The first-order chi connectivity index (χ1) is 14.6. The maximum Gasteiger partial charge on any atom is 0.446 e. The minimum Gasteiger partial charge on any atom is -0.393 e. The van der Waals surface area contributed by atoms with Gasteiger partial charge in [0.1, 0.15) is 12.1 Å². The highest BCUT2D eigenvalue weighted by Crippen LogP contribution is 2.23. The summed E-state index contributed by atoms with van der Waals surface area (Å²) in [5, 5.41) is 14.3. The van der Waals surface area contributed by atoms with Gasteiger partial charge < -0.3 is 9.74 Å². The lowest BCUT2D eigenvalue weighted by atomic mass is 9.99. The molecule has 12 heteroatoms. The normalized spacial score (nSPS) is 17.6. The highest BCUT2D eigenvalue weighted by Gasteiger charge is 2.27. The van der Waals surface area contributed by atoms with E-state index in [1.165, 1.54) is 34.1 Å². The molecule has 0 saturated carbocycles. The van der Waals surface area contributed by atoms with Crippen molar-refractivity contribution in [2.45, 2.75) is 12.8 Å². The van der Waals surface area contributed by atoms with Gasteiger partial charge in [-0.15, -0.1) is 0 Å². The number of halogens is 2. The minimum atomic E-state index is -0.711. The zero-order valence-corrected chi connectivity index (χ0v) is 17.4. The number of nitriles is 1. The molecule has 0 radical (unpaired) electrons. The van der Waals surface area contributed by atoms with Gasteiger partial charge in [0.2, 0.25) is 5.82 Å². The number of rotatable bonds is 6. The van der Waals surface area contributed by atoms with Crippen molar-refractivity contribution in [3.8, 4) is 11.8 Å². The third-order valence-corrected chi connectivity index (χ3v) is 5.63. The van der Waals surface area contributed by atoms with Crippen molar-refractivity contribution in [3.63, 3.8) is 0 Å². The van der Waals surface area contributed by atoms with Crippen molar-refractivity contribution in [2.75, 3.05) is 26.2 Å². The summed E-state index contributed by atoms with van der Waals surface area (Å²) in [6, 6.07) is 6.48. The molecule has 2 aliphatic rings. The molecule has 2 aliphatic heterocycles. The number of hydrogen-bond acceptors (Lipinski definition) is 9. The molecule has 2 N–H and O–H groups in total. The summed E-state index contributed by atoms with van der Waals surface area (Å²) in [5.74, 6) is -0.827. The summed E-state index contributed by atoms with van der Waals surface area (Å²) in [6.45, 7) is 3.14. The van der Waals surface area contributed by atoms with Crippen LogP contribution in [0.2, 0.25) is 0 Å². The van der Waals surface area contributed by atoms with Gasteiger partial charge in [0.25, 0.3) is 0 Å². The van der Waals surface area contributed by atoms with Gasteiger partial charge in [-0.05, 0) is 60.1 Å². The summed E-state index contributed by atoms with van der Waals surface area (Å²) in [6.07, 6.45) is 3.15. The van der Waals surface area contributed by atoms with Crippen LogP contribution in [0.4, 0.5) is 4.39 Å². The van der Waals surface area contributed by atoms with Gasteiger partial charge in [-0.25, -0.2) is 24.3 Å². The number of nitrogens with zero attached hydrogens (tertiary/aromatic N) is 5. The van der Waals surface area contributed by atoms with Crippen LogP contribution in [0, 0.1) is 23.1 Å². The zero-order valence-electron chi connectivity index (χ0n) is 15.8. The maximum atomic E-state index is 13.6. The molecular formula is C18H19BrFN7O3. The molecule has 0 atom stereocenters. The average Bonchev–Trinajstić information content (AvgIpc) is 3.37. The molecule has 3 heterocycles. The van der Waals surface area contributed by atoms with Crippen LogP contribution in [-0.2, 0) is 4.84 Å². The number of hydrogen-bond donors (Lipinski definition) is 2. The molecule has 158 valence electrons. The molecule has 0 unspecified atom stereocenters. The Morgan fingerprint density at radius 3 is 2.93 bits per heavy atom. The van der Waals surface area contributed by atoms with E-state index in [1.54, 1.807) is 0 Å². The van der Waals surface area contributed by atoms with Gasteiger partial charge in [0.05, 0.1) is 16.2 Å². The molecule has 1 aromatic heterocycles. The summed E-state index contributed by atoms with van der Waals surface area (Å²) in [7, 11) is 0. The summed E-state index contributed by atoms with van der Waals surface area (Å²) >= 11 is 3.12. The van der Waals surface area contributed by atoms with Gasteiger partial charge in [0.15, 0.2) is 5.70 Å². The lowest BCUT2D eigenvalue weighted by Crippen LogP contribution is -2.47. The Balaban J connectivity index is 1.44. The summed E-state index contributed by atoms with van der Waals surface area (Å²) < 4.78 is 19.9. The molecule has 1 aromatic carbocycles. The van der Waals surface area contributed by atoms with E-state index in [4.69, 9.17) is 14.6 Å². The lowest BCUT2D eigenvalue weighted by Gasteiger charge is -2.29. The lowest BCUT2D eigenvalue weighted by molar-refractivity contribution is 0.00684. The van der Waals surface area contributed by atoms with Crippen molar-refractivity contribution in [2.24, 2.45) is 5.92 Å². The molecule has 0 aliphatic carbocycles. The highest BCUT2D eigenvalue weighted by molar-refractivity contribution is 9.10. The Labute approximate surface area is 179 Å². The van der Waals surface area contributed by atoms with Crippen molar-refractivity contribution in [3.05, 3.63) is 51.1 Å². The van der Waals surface area contributed by atoms with Gasteiger partial charge in [-0.2, -0.15) is 5.26 Å². The molecule has 2 aromatic rings. The van der Waals surface area contributed by atoms with E-state index in [2.05, 4.69) is 43.1 Å². The number of hydrazine groups is 2. The van der Waals surface area contributed by atoms with Crippen LogP contribution in [0.25, 0.3) is 11.4 Å². The minimum absolute atomic E-state index is 0.146. The molecule has 4 rings (SSSR count). The first-order valence-corrected chi connectivity index (χ1v) is 10.2. The van der Waals surface area contributed by atoms with E-state index in [9.17, 15) is 9.18 Å². The Kier molecular flexibility index (Phi) is 6.14. The van der Waals surface area contributed by atoms with Crippen molar-refractivity contribution in [1.82, 2.24) is 30.8 Å². The molecule has 1 saturated heterocycles.